The summed E-state index contributed by atoms with van der Waals surface area (Å²) in [6.07, 6.45) is 7.57. The van der Waals surface area contributed by atoms with E-state index in [1.54, 1.807) is 17.5 Å². The van der Waals surface area contributed by atoms with Gasteiger partial charge in [0.1, 0.15) is 22.0 Å². The van der Waals surface area contributed by atoms with Crippen LogP contribution in [0.2, 0.25) is 5.15 Å². The Kier molecular flexibility index (Phi) is 8.64. The minimum atomic E-state index is -0.886. The highest BCUT2D eigenvalue weighted by Crippen LogP contribution is 2.48. The Bertz CT molecular complexity index is 2580. The number of rotatable bonds is 9. The Balaban J connectivity index is 1.23. The molecule has 4 aromatic heterocycles. The molecule has 3 aliphatic carbocycles. The third-order valence-electron chi connectivity index (χ3n) is 11.9. The molecule has 0 amide bonds. The lowest BCUT2D eigenvalue weighted by atomic mass is 9.61. The number of benzene rings is 4. The number of aromatic nitrogens is 5. The molecule has 0 spiro atoms. The molecule has 8 aromatic rings. The number of nitrogens with zero attached hydrogens (tertiary/aromatic N) is 5. The van der Waals surface area contributed by atoms with Crippen LogP contribution in [0.5, 0.6) is 0 Å². The molecule has 0 radical (unpaired) electrons. The first-order valence-corrected chi connectivity index (χ1v) is 20.3. The average molecular weight is 773 g/mol. The van der Waals surface area contributed by atoms with E-state index in [-0.39, 0.29) is 23.0 Å². The summed E-state index contributed by atoms with van der Waals surface area (Å²) in [6.45, 7) is 0. The fourth-order valence-corrected chi connectivity index (χ4v) is 10.6. The van der Waals surface area contributed by atoms with Gasteiger partial charge >= 0.3 is 5.97 Å². The van der Waals surface area contributed by atoms with E-state index in [1.165, 1.54) is 0 Å². The van der Waals surface area contributed by atoms with Crippen LogP contribution in [0.25, 0.3) is 43.2 Å². The monoisotopic (exact) mass is 772 g/mol. The lowest BCUT2D eigenvalue weighted by Crippen LogP contribution is -2.51. The van der Waals surface area contributed by atoms with Crippen molar-refractivity contribution < 1.29 is 9.90 Å². The van der Waals surface area contributed by atoms with Crippen molar-refractivity contribution >= 4 is 56.0 Å². The number of hydrogen-bond acceptors (Lipinski definition) is 7. The van der Waals surface area contributed by atoms with Gasteiger partial charge in [0.15, 0.2) is 11.5 Å². The van der Waals surface area contributed by atoms with Crippen molar-refractivity contribution in [3.8, 4) is 22.0 Å². The minimum Gasteiger partial charge on any atom is -0.481 e. The second kappa shape index (κ2) is 14.0. The molecule has 276 valence electrons. The molecule has 0 saturated heterocycles. The van der Waals surface area contributed by atoms with Gasteiger partial charge in [-0.2, -0.15) is 0 Å². The number of anilines is 1. The predicted molar refractivity (Wildman–Crippen MR) is 223 cm³/mol. The molecular formula is C46H37ClN6O2S. The van der Waals surface area contributed by atoms with Gasteiger partial charge in [0, 0.05) is 23.0 Å². The van der Waals surface area contributed by atoms with Crippen molar-refractivity contribution in [3.63, 3.8) is 0 Å². The first-order valence-electron chi connectivity index (χ1n) is 19.1. The third-order valence-corrected chi connectivity index (χ3v) is 13.2. The second-order valence-corrected chi connectivity index (χ2v) is 16.4. The second-order valence-electron chi connectivity index (χ2n) is 14.9. The van der Waals surface area contributed by atoms with Gasteiger partial charge in [-0.15, -0.1) is 11.3 Å². The molecule has 3 fully saturated rings. The minimum absolute atomic E-state index is 0.149. The number of fused-ring (bicyclic) bond motifs is 5. The summed E-state index contributed by atoms with van der Waals surface area (Å²) in [5.74, 6) is 0.200. The molecule has 2 unspecified atom stereocenters. The zero-order valence-corrected chi connectivity index (χ0v) is 31.9. The zero-order valence-electron chi connectivity index (χ0n) is 30.3. The molecule has 8 nitrogen and oxygen atoms in total. The Hall–Kier alpha value is -5.90. The van der Waals surface area contributed by atoms with E-state index in [0.717, 1.165) is 63.0 Å². The van der Waals surface area contributed by atoms with Gasteiger partial charge in [0.05, 0.1) is 28.2 Å². The Morgan fingerprint density at radius 2 is 1.38 bits per heavy atom. The van der Waals surface area contributed by atoms with Gasteiger partial charge in [-0.05, 0) is 71.7 Å². The number of thiophene rings is 1. The van der Waals surface area contributed by atoms with Crippen LogP contribution < -0.4 is 5.32 Å². The maximum absolute atomic E-state index is 12.7. The summed E-state index contributed by atoms with van der Waals surface area (Å²) < 4.78 is 3.34. The molecule has 4 heterocycles. The quantitative estimate of drug-likeness (QED) is 0.141. The van der Waals surface area contributed by atoms with Crippen LogP contribution in [0.4, 0.5) is 5.82 Å². The van der Waals surface area contributed by atoms with E-state index in [1.807, 2.05) is 36.4 Å². The molecule has 56 heavy (non-hydrogen) atoms. The number of nitrogens with one attached hydrogen (secondary N) is 1. The lowest BCUT2D eigenvalue weighted by Gasteiger charge is -2.47. The molecule has 0 aliphatic heterocycles. The number of aliphatic carboxylic acids is 1. The molecule has 2 bridgehead atoms. The highest BCUT2D eigenvalue weighted by atomic mass is 35.5. The van der Waals surface area contributed by atoms with Crippen molar-refractivity contribution in [1.29, 1.82) is 0 Å². The van der Waals surface area contributed by atoms with Gasteiger partial charge < -0.3 is 15.0 Å². The molecule has 2 N–H and O–H groups in total. The highest BCUT2D eigenvalue weighted by molar-refractivity contribution is 7.22. The smallest absolute Gasteiger partial charge is 0.308 e. The zero-order chi connectivity index (χ0) is 37.8. The van der Waals surface area contributed by atoms with Crippen LogP contribution in [0.1, 0.15) is 42.4 Å². The highest BCUT2D eigenvalue weighted by Gasteiger charge is 2.47. The summed E-state index contributed by atoms with van der Waals surface area (Å²) in [7, 11) is 0. The van der Waals surface area contributed by atoms with Gasteiger partial charge in [-0.1, -0.05) is 121 Å². The van der Waals surface area contributed by atoms with Gasteiger partial charge in [0.25, 0.3) is 0 Å². The lowest BCUT2D eigenvalue weighted by molar-refractivity contribution is -0.148. The summed E-state index contributed by atoms with van der Waals surface area (Å²) in [6, 6.07) is 43.5. The van der Waals surface area contributed by atoms with Crippen molar-refractivity contribution in [2.45, 2.75) is 37.3 Å². The number of carboxylic acid groups (broad SMARTS) is 1. The Labute approximate surface area is 332 Å². The third kappa shape index (κ3) is 5.76. The normalized spacial score (nSPS) is 19.4. The van der Waals surface area contributed by atoms with E-state index in [4.69, 9.17) is 31.5 Å². The van der Waals surface area contributed by atoms with E-state index >= 15 is 0 Å². The predicted octanol–water partition coefficient (Wildman–Crippen LogP) is 10.6. The fourth-order valence-electron chi connectivity index (χ4n) is 9.40. The molecule has 3 saturated carbocycles. The molecule has 3 aliphatic rings. The van der Waals surface area contributed by atoms with Gasteiger partial charge in [0.2, 0.25) is 0 Å². The fraction of sp³-hybridized carbons (Fsp3) is 0.196. The van der Waals surface area contributed by atoms with E-state index < -0.39 is 17.4 Å². The van der Waals surface area contributed by atoms with Crippen molar-refractivity contribution in [1.82, 2.24) is 24.5 Å². The Morgan fingerprint density at radius 3 is 2.00 bits per heavy atom. The largest absolute Gasteiger partial charge is 0.481 e. The van der Waals surface area contributed by atoms with Crippen molar-refractivity contribution in [3.05, 3.63) is 162 Å². The average Bonchev–Trinajstić information content (AvgIpc) is 3.85. The van der Waals surface area contributed by atoms with Crippen LogP contribution in [0.15, 0.2) is 140 Å². The van der Waals surface area contributed by atoms with Crippen LogP contribution in [0.3, 0.4) is 0 Å². The van der Waals surface area contributed by atoms with Crippen molar-refractivity contribution in [2.75, 3.05) is 5.32 Å². The summed E-state index contributed by atoms with van der Waals surface area (Å²) in [5.41, 5.74) is 4.79. The van der Waals surface area contributed by atoms with Crippen LogP contribution in [-0.2, 0) is 10.3 Å². The molecular weight excluding hydrogens is 736 g/mol. The van der Waals surface area contributed by atoms with Crippen LogP contribution in [-0.4, -0.2) is 41.6 Å². The maximum Gasteiger partial charge on any atom is 0.308 e. The molecule has 2 atom stereocenters. The van der Waals surface area contributed by atoms with Crippen molar-refractivity contribution in [2.24, 2.45) is 17.8 Å². The SMILES string of the molecule is O=C(O)C1C2CCC(CC2)C1Nc1cc(-c2cc3ccccc3s2)nc(-c2cn(C(c3ccccc3)(c3ccccc3)c3ccccc3)c3ncc(Cl)nc23)n1. The summed E-state index contributed by atoms with van der Waals surface area (Å²) in [5, 5.41) is 15.5. The maximum atomic E-state index is 12.7. The van der Waals surface area contributed by atoms with Crippen LogP contribution in [0, 0.1) is 17.8 Å². The number of carboxylic acids is 1. The van der Waals surface area contributed by atoms with Gasteiger partial charge in [-0.25, -0.2) is 19.9 Å². The Morgan fingerprint density at radius 1 is 0.768 bits per heavy atom. The molecule has 10 heteroatoms. The van der Waals surface area contributed by atoms with E-state index in [0.29, 0.717) is 28.4 Å². The standard InChI is InChI=1S/C46H37ClN6O2S/c47-38-26-48-44-42(50-38)34(27-53(44)46(31-13-4-1-5-14-31,32-15-6-2-7-16-32)33-17-8-3-9-18-33)43-49-35(37-24-30-12-10-11-19-36(30)56-37)25-39(52-43)51-41-29-22-20-28(21-23-29)40(41)45(54)55/h1-19,24-29,40-41H,20-23H2,(H,54,55)(H,49,51,52). The first-order chi connectivity index (χ1) is 27.5. The van der Waals surface area contributed by atoms with E-state index in [2.05, 4.69) is 107 Å². The number of carbonyl (C=O) groups is 1. The molecule has 4 aromatic carbocycles. The van der Waals surface area contributed by atoms with Gasteiger partial charge in [-0.3, -0.25) is 4.79 Å². The topological polar surface area (TPSA) is 106 Å². The number of hydrogen-bond donors (Lipinski definition) is 2. The first kappa shape index (κ1) is 34.6. The molecule has 11 rings (SSSR count). The summed E-state index contributed by atoms with van der Waals surface area (Å²) >= 11 is 8.34. The summed E-state index contributed by atoms with van der Waals surface area (Å²) in [4.78, 5) is 34.1. The van der Waals surface area contributed by atoms with Crippen LogP contribution >= 0.6 is 22.9 Å². The number of halogens is 1. The van der Waals surface area contributed by atoms with E-state index in [9.17, 15) is 9.90 Å².